The van der Waals surface area contributed by atoms with Crippen LogP contribution in [0.25, 0.3) is 0 Å². The molecular weight excluding hydrogens is 238 g/mol. The first-order valence-electron chi connectivity index (χ1n) is 5.79. The molecule has 1 aromatic carbocycles. The van der Waals surface area contributed by atoms with E-state index in [-0.39, 0.29) is 23.9 Å². The Morgan fingerprint density at radius 2 is 2.12 bits per heavy atom. The fraction of sp³-hybridized carbons (Fsp3) is 0.462. The molecule has 0 spiro atoms. The molecule has 2 rings (SSSR count). The molecule has 4 heteroatoms. The lowest BCUT2D eigenvalue weighted by atomic mass is 10.1. The van der Waals surface area contributed by atoms with Crippen molar-refractivity contribution in [3.63, 3.8) is 0 Å². The number of hydrogen-bond donors (Lipinski definition) is 1. The van der Waals surface area contributed by atoms with Gasteiger partial charge in [-0.05, 0) is 12.0 Å². The van der Waals surface area contributed by atoms with Gasteiger partial charge in [0.1, 0.15) is 0 Å². The number of amides is 1. The van der Waals surface area contributed by atoms with Crippen LogP contribution in [0.15, 0.2) is 30.3 Å². The lowest BCUT2D eigenvalue weighted by Crippen LogP contribution is -2.40. The van der Waals surface area contributed by atoms with Crippen molar-refractivity contribution in [2.75, 3.05) is 13.2 Å². The van der Waals surface area contributed by atoms with Crippen molar-refractivity contribution in [1.82, 2.24) is 4.90 Å². The summed E-state index contributed by atoms with van der Waals surface area (Å²) in [5.41, 5.74) is 1.12. The number of carbonyl (C=O) groups excluding carboxylic acids is 1. The lowest BCUT2D eigenvalue weighted by molar-refractivity contribution is -0.130. The van der Waals surface area contributed by atoms with Crippen LogP contribution in [0.4, 0.5) is 0 Å². The highest BCUT2D eigenvalue weighted by molar-refractivity contribution is 6.22. The third-order valence-corrected chi connectivity index (χ3v) is 3.37. The minimum atomic E-state index is -0.159. The second-order valence-electron chi connectivity index (χ2n) is 4.37. The predicted octanol–water partition coefficient (Wildman–Crippen LogP) is 1.43. The molecule has 1 heterocycles. The van der Waals surface area contributed by atoms with Gasteiger partial charge in [0.25, 0.3) is 0 Å². The molecule has 1 aliphatic heterocycles. The molecule has 92 valence electrons. The number of likely N-dealkylation sites (tertiary alicyclic amines) is 1. The van der Waals surface area contributed by atoms with Crippen molar-refractivity contribution in [2.24, 2.45) is 0 Å². The second-order valence-corrected chi connectivity index (χ2v) is 4.99. The van der Waals surface area contributed by atoms with Crippen LogP contribution in [-0.4, -0.2) is 40.5 Å². The molecule has 1 aromatic rings. The molecule has 0 bridgehead atoms. The zero-order valence-corrected chi connectivity index (χ0v) is 10.3. The van der Waals surface area contributed by atoms with Gasteiger partial charge in [0.2, 0.25) is 5.91 Å². The third kappa shape index (κ3) is 2.99. The summed E-state index contributed by atoms with van der Waals surface area (Å²) in [6, 6.07) is 9.71. The molecule has 1 fully saturated rings. The first-order chi connectivity index (χ1) is 8.20. The number of hydrogen-bond acceptors (Lipinski definition) is 2. The molecule has 0 saturated carbocycles. The fourth-order valence-corrected chi connectivity index (χ4v) is 2.48. The van der Waals surface area contributed by atoms with E-state index in [1.807, 2.05) is 30.3 Å². The van der Waals surface area contributed by atoms with E-state index < -0.39 is 0 Å². The summed E-state index contributed by atoms with van der Waals surface area (Å²) < 4.78 is 0. The highest BCUT2D eigenvalue weighted by Gasteiger charge is 2.32. The second kappa shape index (κ2) is 5.52. The van der Waals surface area contributed by atoms with Gasteiger partial charge in [-0.3, -0.25) is 4.79 Å². The Hall–Kier alpha value is -1.06. The Morgan fingerprint density at radius 3 is 2.65 bits per heavy atom. The number of carbonyl (C=O) groups is 1. The van der Waals surface area contributed by atoms with Crippen molar-refractivity contribution in [2.45, 2.75) is 24.3 Å². The lowest BCUT2D eigenvalue weighted by Gasteiger charge is -2.26. The summed E-state index contributed by atoms with van der Waals surface area (Å²) in [6.07, 6.45) is 1.06. The SMILES string of the molecule is O=C1CC(Cl)CN1C(CO)Cc1ccccc1. The average molecular weight is 254 g/mol. The minimum Gasteiger partial charge on any atom is -0.394 e. The maximum absolute atomic E-state index is 11.7. The first-order valence-corrected chi connectivity index (χ1v) is 6.22. The largest absolute Gasteiger partial charge is 0.394 e. The molecule has 1 amide bonds. The zero-order chi connectivity index (χ0) is 12.3. The van der Waals surface area contributed by atoms with Gasteiger partial charge in [-0.25, -0.2) is 0 Å². The van der Waals surface area contributed by atoms with Gasteiger partial charge in [0.05, 0.1) is 18.0 Å². The van der Waals surface area contributed by atoms with E-state index >= 15 is 0 Å². The Labute approximate surface area is 106 Å². The van der Waals surface area contributed by atoms with Crippen LogP contribution in [-0.2, 0) is 11.2 Å². The van der Waals surface area contributed by atoms with Gasteiger partial charge in [0, 0.05) is 13.0 Å². The molecule has 0 radical (unpaired) electrons. The summed E-state index contributed by atoms with van der Waals surface area (Å²) in [5.74, 6) is 0.0416. The minimum absolute atomic E-state index is 0.0236. The Bertz CT molecular complexity index is 382. The van der Waals surface area contributed by atoms with Crippen molar-refractivity contribution >= 4 is 17.5 Å². The number of nitrogens with zero attached hydrogens (tertiary/aromatic N) is 1. The highest BCUT2D eigenvalue weighted by atomic mass is 35.5. The van der Waals surface area contributed by atoms with E-state index in [1.165, 1.54) is 0 Å². The van der Waals surface area contributed by atoms with Crippen LogP contribution in [0.5, 0.6) is 0 Å². The van der Waals surface area contributed by atoms with Crippen molar-refractivity contribution in [3.8, 4) is 0 Å². The van der Waals surface area contributed by atoms with Gasteiger partial charge in [-0.2, -0.15) is 0 Å². The summed E-state index contributed by atoms with van der Waals surface area (Å²) >= 11 is 5.96. The predicted molar refractivity (Wildman–Crippen MR) is 67.0 cm³/mol. The molecule has 2 atom stereocenters. The molecule has 1 N–H and O–H groups in total. The molecule has 3 nitrogen and oxygen atoms in total. The Morgan fingerprint density at radius 1 is 1.41 bits per heavy atom. The quantitative estimate of drug-likeness (QED) is 0.825. The molecule has 17 heavy (non-hydrogen) atoms. The first kappa shape index (κ1) is 12.4. The van der Waals surface area contributed by atoms with E-state index in [4.69, 9.17) is 11.6 Å². The van der Waals surface area contributed by atoms with Crippen LogP contribution < -0.4 is 0 Å². The molecule has 2 unspecified atom stereocenters. The van der Waals surface area contributed by atoms with Crippen LogP contribution >= 0.6 is 11.6 Å². The number of rotatable bonds is 4. The van der Waals surface area contributed by atoms with Crippen LogP contribution in [0.2, 0.25) is 0 Å². The monoisotopic (exact) mass is 253 g/mol. The van der Waals surface area contributed by atoms with Crippen LogP contribution in [0, 0.1) is 0 Å². The van der Waals surface area contributed by atoms with E-state index in [9.17, 15) is 9.90 Å². The maximum atomic E-state index is 11.7. The number of aliphatic hydroxyl groups excluding tert-OH is 1. The molecule has 1 saturated heterocycles. The molecular formula is C13H16ClNO2. The van der Waals surface area contributed by atoms with Gasteiger partial charge < -0.3 is 10.0 Å². The maximum Gasteiger partial charge on any atom is 0.224 e. The molecule has 1 aliphatic rings. The standard InChI is InChI=1S/C13H16ClNO2/c14-11-7-13(17)15(8-11)12(9-16)6-10-4-2-1-3-5-10/h1-5,11-12,16H,6-9H2. The van der Waals surface area contributed by atoms with Gasteiger partial charge in [-0.15, -0.1) is 11.6 Å². The van der Waals surface area contributed by atoms with Crippen molar-refractivity contribution in [1.29, 1.82) is 0 Å². The van der Waals surface area contributed by atoms with Crippen molar-refractivity contribution < 1.29 is 9.90 Å². The van der Waals surface area contributed by atoms with Gasteiger partial charge >= 0.3 is 0 Å². The normalized spacial score (nSPS) is 21.9. The summed E-state index contributed by atoms with van der Waals surface area (Å²) in [4.78, 5) is 13.4. The van der Waals surface area contributed by atoms with Gasteiger partial charge in [0.15, 0.2) is 0 Å². The summed E-state index contributed by atoms with van der Waals surface area (Å²) in [5, 5.41) is 9.30. The summed E-state index contributed by atoms with van der Waals surface area (Å²) in [6.45, 7) is 0.517. The Balaban J connectivity index is 2.04. The third-order valence-electron chi connectivity index (χ3n) is 3.08. The van der Waals surface area contributed by atoms with E-state index in [0.29, 0.717) is 19.4 Å². The number of halogens is 1. The van der Waals surface area contributed by atoms with Gasteiger partial charge in [-0.1, -0.05) is 30.3 Å². The van der Waals surface area contributed by atoms with Crippen LogP contribution in [0.1, 0.15) is 12.0 Å². The fourth-order valence-electron chi connectivity index (χ4n) is 2.20. The Kier molecular flexibility index (Phi) is 4.02. The number of benzene rings is 1. The topological polar surface area (TPSA) is 40.5 Å². The smallest absolute Gasteiger partial charge is 0.224 e. The van der Waals surface area contributed by atoms with Crippen molar-refractivity contribution in [3.05, 3.63) is 35.9 Å². The number of aliphatic hydroxyl groups is 1. The van der Waals surface area contributed by atoms with Crippen LogP contribution in [0.3, 0.4) is 0 Å². The highest BCUT2D eigenvalue weighted by Crippen LogP contribution is 2.20. The van der Waals surface area contributed by atoms with E-state index in [0.717, 1.165) is 5.56 Å². The number of alkyl halides is 1. The molecule has 0 aromatic heterocycles. The van der Waals surface area contributed by atoms with E-state index in [1.54, 1.807) is 4.90 Å². The zero-order valence-electron chi connectivity index (χ0n) is 9.55. The van der Waals surface area contributed by atoms with E-state index in [2.05, 4.69) is 0 Å². The summed E-state index contributed by atoms with van der Waals surface area (Å²) in [7, 11) is 0. The molecule has 0 aliphatic carbocycles. The average Bonchev–Trinajstić information content (AvgIpc) is 2.67.